The Morgan fingerprint density at radius 1 is 1.19 bits per heavy atom. The van der Waals surface area contributed by atoms with Crippen LogP contribution >= 0.6 is 24.0 Å². The quantitative estimate of drug-likeness (QED) is 0.280. The lowest BCUT2D eigenvalue weighted by atomic mass is 10.1. The van der Waals surface area contributed by atoms with Crippen LogP contribution in [-0.2, 0) is 24.9 Å². The van der Waals surface area contributed by atoms with E-state index < -0.39 is 0 Å². The van der Waals surface area contributed by atoms with Crippen LogP contribution in [0.3, 0.4) is 0 Å². The van der Waals surface area contributed by atoms with Crippen molar-refractivity contribution in [2.24, 2.45) is 12.0 Å². The summed E-state index contributed by atoms with van der Waals surface area (Å²) < 4.78 is 7.06. The summed E-state index contributed by atoms with van der Waals surface area (Å²) in [6.45, 7) is 8.63. The van der Waals surface area contributed by atoms with Crippen molar-refractivity contribution in [2.45, 2.75) is 33.9 Å². The molecule has 8 heteroatoms. The molecule has 26 heavy (non-hydrogen) atoms. The summed E-state index contributed by atoms with van der Waals surface area (Å²) in [5, 5.41) is 14.8. The summed E-state index contributed by atoms with van der Waals surface area (Å²) in [4.78, 5) is 4.69. The molecule has 0 spiro atoms. The van der Waals surface area contributed by atoms with E-state index in [9.17, 15) is 0 Å². The van der Waals surface area contributed by atoms with Crippen LogP contribution in [0, 0.1) is 20.8 Å². The monoisotopic (exact) mass is 472 g/mol. The van der Waals surface area contributed by atoms with Gasteiger partial charge in [-0.3, -0.25) is 0 Å². The molecule has 0 aliphatic rings. The van der Waals surface area contributed by atoms with Crippen LogP contribution in [0.15, 0.2) is 23.2 Å². The molecule has 0 radical (unpaired) electrons. The van der Waals surface area contributed by atoms with Gasteiger partial charge in [0.2, 0.25) is 0 Å². The van der Waals surface area contributed by atoms with Gasteiger partial charge >= 0.3 is 0 Å². The maximum Gasteiger partial charge on any atom is 0.192 e. The van der Waals surface area contributed by atoms with Crippen molar-refractivity contribution in [3.05, 3.63) is 46.5 Å². The maximum absolute atomic E-state index is 5.10. The molecule has 0 atom stereocenters. The average Bonchev–Trinajstić information content (AvgIpc) is 2.90. The van der Waals surface area contributed by atoms with Gasteiger partial charge in [-0.15, -0.1) is 34.2 Å². The zero-order chi connectivity index (χ0) is 18.2. The van der Waals surface area contributed by atoms with Gasteiger partial charge in [-0.1, -0.05) is 23.8 Å². The van der Waals surface area contributed by atoms with E-state index >= 15 is 0 Å². The van der Waals surface area contributed by atoms with Gasteiger partial charge in [-0.05, 0) is 31.9 Å². The third-order valence-corrected chi connectivity index (χ3v) is 4.10. The number of methoxy groups -OCH3 is 1. The first-order valence-corrected chi connectivity index (χ1v) is 8.43. The predicted molar refractivity (Wildman–Crippen MR) is 115 cm³/mol. The van der Waals surface area contributed by atoms with E-state index in [4.69, 9.17) is 4.74 Å². The molecule has 0 saturated heterocycles. The molecule has 1 heterocycles. The van der Waals surface area contributed by atoms with Crippen LogP contribution in [0.4, 0.5) is 0 Å². The molecule has 2 rings (SSSR count). The molecule has 1 aromatic carbocycles. The fourth-order valence-corrected chi connectivity index (χ4v) is 2.40. The molecule has 0 aliphatic heterocycles. The Kier molecular flexibility index (Phi) is 9.57. The number of guanidine groups is 1. The fourth-order valence-electron chi connectivity index (χ4n) is 2.40. The number of nitrogens with zero attached hydrogens (tertiary/aromatic N) is 4. The smallest absolute Gasteiger partial charge is 0.192 e. The number of hydrogen-bond acceptors (Lipinski definition) is 4. The molecule has 0 aliphatic carbocycles. The molecule has 0 fully saturated rings. The van der Waals surface area contributed by atoms with Crippen LogP contribution in [-0.4, -0.2) is 41.0 Å². The van der Waals surface area contributed by atoms with Crippen molar-refractivity contribution in [1.29, 1.82) is 0 Å². The molecule has 2 N–H and O–H groups in total. The summed E-state index contributed by atoms with van der Waals surface area (Å²) in [5.74, 6) is 2.49. The number of rotatable bonds is 7. The third-order valence-electron chi connectivity index (χ3n) is 4.10. The van der Waals surface area contributed by atoms with Crippen molar-refractivity contribution < 1.29 is 4.74 Å². The van der Waals surface area contributed by atoms with Gasteiger partial charge in [0.1, 0.15) is 5.82 Å². The summed E-state index contributed by atoms with van der Waals surface area (Å²) in [5.41, 5.74) is 3.73. The molecule has 2 aromatic rings. The summed E-state index contributed by atoms with van der Waals surface area (Å²) in [7, 11) is 3.64. The van der Waals surface area contributed by atoms with E-state index in [2.05, 4.69) is 57.9 Å². The van der Waals surface area contributed by atoms with E-state index in [1.54, 1.807) is 7.11 Å². The summed E-state index contributed by atoms with van der Waals surface area (Å²) in [6, 6.07) is 6.43. The predicted octanol–water partition coefficient (Wildman–Crippen LogP) is 2.24. The molecule has 0 saturated carbocycles. The highest BCUT2D eigenvalue weighted by Crippen LogP contribution is 2.11. The number of hydrogen-bond donors (Lipinski definition) is 2. The lowest BCUT2D eigenvalue weighted by Gasteiger charge is -2.13. The Morgan fingerprint density at radius 2 is 1.96 bits per heavy atom. The van der Waals surface area contributed by atoms with Crippen molar-refractivity contribution in [3.8, 4) is 0 Å². The van der Waals surface area contributed by atoms with Crippen molar-refractivity contribution in [2.75, 3.05) is 20.3 Å². The number of nitrogens with one attached hydrogen (secondary N) is 2. The Balaban J connectivity index is 0.00000338. The lowest BCUT2D eigenvalue weighted by molar-refractivity contribution is 0.203. The Labute approximate surface area is 172 Å². The van der Waals surface area contributed by atoms with Gasteiger partial charge in [-0.2, -0.15) is 0 Å². The SMILES string of the molecule is COCCNC(=NCc1ccc(C)cc1C)NCc1nnc(C)n1C.I. The molecular formula is C18H29IN6O. The molecule has 7 nitrogen and oxygen atoms in total. The standard InChI is InChI=1S/C18H28N6O.HI/c1-13-6-7-16(14(2)10-13)11-20-18(19-8-9-25-5)21-12-17-23-22-15(3)24(17)4;/h6-7,10H,8-9,11-12H2,1-5H3,(H2,19,20,21);1H. The van der Waals surface area contributed by atoms with Crippen LogP contribution in [0.2, 0.25) is 0 Å². The van der Waals surface area contributed by atoms with E-state index in [1.165, 1.54) is 16.7 Å². The topological polar surface area (TPSA) is 76.4 Å². The minimum Gasteiger partial charge on any atom is -0.383 e. The first-order valence-electron chi connectivity index (χ1n) is 8.43. The zero-order valence-electron chi connectivity index (χ0n) is 16.2. The van der Waals surface area contributed by atoms with E-state index in [1.807, 2.05) is 18.5 Å². The summed E-state index contributed by atoms with van der Waals surface area (Å²) >= 11 is 0. The van der Waals surface area contributed by atoms with Gasteiger partial charge in [0, 0.05) is 20.7 Å². The summed E-state index contributed by atoms with van der Waals surface area (Å²) in [6.07, 6.45) is 0. The van der Waals surface area contributed by atoms with E-state index in [-0.39, 0.29) is 24.0 Å². The highest BCUT2D eigenvalue weighted by Gasteiger charge is 2.06. The Bertz CT molecular complexity index is 728. The molecule has 1 aromatic heterocycles. The van der Waals surface area contributed by atoms with Crippen LogP contribution < -0.4 is 10.6 Å². The highest BCUT2D eigenvalue weighted by molar-refractivity contribution is 14.0. The van der Waals surface area contributed by atoms with E-state index in [0.717, 1.165) is 17.6 Å². The molecular weight excluding hydrogens is 443 g/mol. The van der Waals surface area contributed by atoms with Gasteiger partial charge < -0.3 is 19.9 Å². The van der Waals surface area contributed by atoms with Crippen molar-refractivity contribution >= 4 is 29.9 Å². The van der Waals surface area contributed by atoms with Gasteiger partial charge in [-0.25, -0.2) is 4.99 Å². The van der Waals surface area contributed by atoms with Gasteiger partial charge in [0.25, 0.3) is 0 Å². The largest absolute Gasteiger partial charge is 0.383 e. The number of aromatic nitrogens is 3. The fraction of sp³-hybridized carbons (Fsp3) is 0.500. The second-order valence-corrected chi connectivity index (χ2v) is 6.09. The second-order valence-electron chi connectivity index (χ2n) is 6.09. The first-order chi connectivity index (χ1) is 12.0. The van der Waals surface area contributed by atoms with Crippen LogP contribution in [0.1, 0.15) is 28.3 Å². The third kappa shape index (κ3) is 6.56. The maximum atomic E-state index is 5.10. The Morgan fingerprint density at radius 3 is 2.58 bits per heavy atom. The number of aryl methyl sites for hydroxylation is 3. The molecule has 0 unspecified atom stereocenters. The number of aliphatic imine (C=N–C) groups is 1. The minimum atomic E-state index is 0. The minimum absolute atomic E-state index is 0. The lowest BCUT2D eigenvalue weighted by Crippen LogP contribution is -2.39. The van der Waals surface area contributed by atoms with Gasteiger partial charge in [0.15, 0.2) is 11.8 Å². The van der Waals surface area contributed by atoms with Crippen LogP contribution in [0.5, 0.6) is 0 Å². The number of benzene rings is 1. The van der Waals surface area contributed by atoms with E-state index in [0.29, 0.717) is 26.2 Å². The first kappa shape index (κ1) is 22.4. The molecule has 144 valence electrons. The highest BCUT2D eigenvalue weighted by atomic mass is 127. The normalized spacial score (nSPS) is 11.2. The molecule has 0 amide bonds. The Hall–Kier alpha value is -1.68. The average molecular weight is 472 g/mol. The number of halogens is 1. The van der Waals surface area contributed by atoms with Crippen LogP contribution in [0.25, 0.3) is 0 Å². The van der Waals surface area contributed by atoms with Gasteiger partial charge in [0.05, 0.1) is 19.7 Å². The van der Waals surface area contributed by atoms with Crippen molar-refractivity contribution in [1.82, 2.24) is 25.4 Å². The zero-order valence-corrected chi connectivity index (χ0v) is 18.5. The second kappa shape index (κ2) is 11.1. The molecule has 0 bridgehead atoms. The van der Waals surface area contributed by atoms with Crippen molar-refractivity contribution in [3.63, 3.8) is 0 Å². The number of ether oxygens (including phenoxy) is 1.